The van der Waals surface area contributed by atoms with Gasteiger partial charge in [-0.1, -0.05) is 0 Å². The maximum Gasteiger partial charge on any atom is 1.00 e. The van der Waals surface area contributed by atoms with Gasteiger partial charge in [-0.2, -0.15) is 0 Å². The molecule has 0 rings (SSSR count). The van der Waals surface area contributed by atoms with Gasteiger partial charge in [-0.25, -0.2) is 4.79 Å². The van der Waals surface area contributed by atoms with Gasteiger partial charge in [-0.15, -0.1) is 0 Å². The average molecular weight is 173 g/mol. The van der Waals surface area contributed by atoms with Crippen molar-refractivity contribution >= 4 is 15.6 Å². The Kier molecular flexibility index (Phi) is 23.0. The van der Waals surface area contributed by atoms with E-state index in [9.17, 15) is 0 Å². The Balaban J connectivity index is -0.0000000267. The minimum Gasteiger partial charge on any atom is -1.00 e. The first-order valence-electron chi connectivity index (χ1n) is 0.868. The molecule has 0 aliphatic rings. The summed E-state index contributed by atoms with van der Waals surface area (Å²) in [5, 5.41) is 7.48. The van der Waals surface area contributed by atoms with Crippen LogP contribution in [-0.2, 0) is 21.6 Å². The van der Waals surface area contributed by atoms with Crippen LogP contribution in [-0.4, -0.2) is 11.3 Å². The zero-order valence-corrected chi connectivity index (χ0v) is 8.05. The molecule has 0 bridgehead atoms. The molecule has 0 aliphatic heterocycles. The molecule has 3 nitrogen and oxygen atoms in total. The van der Waals surface area contributed by atoms with E-state index in [1.165, 1.54) is 0 Å². The Morgan fingerprint density at radius 2 is 2.00 bits per heavy atom. The van der Waals surface area contributed by atoms with Crippen LogP contribution in [0.15, 0.2) is 0 Å². The Morgan fingerprint density at radius 1 is 1.86 bits per heavy atom. The molecule has 1 atom stereocenters. The summed E-state index contributed by atoms with van der Waals surface area (Å²) in [5.74, 6) is 0. The van der Waals surface area contributed by atoms with Crippen molar-refractivity contribution in [2.24, 2.45) is 0 Å². The summed E-state index contributed by atoms with van der Waals surface area (Å²) in [5.41, 5.74) is 0. The Labute approximate surface area is 77.7 Å². The third-order valence-corrected chi connectivity index (χ3v) is 0.302. The predicted molar refractivity (Wildman–Crippen MR) is 19.9 cm³/mol. The third-order valence-electron chi connectivity index (χ3n) is 0.101. The summed E-state index contributed by atoms with van der Waals surface area (Å²) in [6.45, 7) is 0. The van der Waals surface area contributed by atoms with Crippen LogP contribution in [0, 0.1) is 0 Å². The SMILES string of the molecule is O=C(O)OP.[H-].[Mn].[Na+]. The van der Waals surface area contributed by atoms with E-state index < -0.39 is 6.16 Å². The molecule has 0 saturated carbocycles. The zero-order chi connectivity index (χ0) is 4.28. The van der Waals surface area contributed by atoms with Gasteiger partial charge in [0.1, 0.15) is 0 Å². The van der Waals surface area contributed by atoms with Crippen LogP contribution in [0.1, 0.15) is 1.43 Å². The minimum atomic E-state index is -1.28. The number of hydrogen-bond donors (Lipinski definition) is 1. The summed E-state index contributed by atoms with van der Waals surface area (Å²) in [4.78, 5) is 9.12. The van der Waals surface area contributed by atoms with Gasteiger partial charge in [0.25, 0.3) is 0 Å². The van der Waals surface area contributed by atoms with Gasteiger partial charge in [0, 0.05) is 17.1 Å². The molecule has 0 aromatic heterocycles. The van der Waals surface area contributed by atoms with E-state index in [0.29, 0.717) is 0 Å². The fourth-order valence-corrected chi connectivity index (χ4v) is 0. The van der Waals surface area contributed by atoms with Crippen molar-refractivity contribution in [2.45, 2.75) is 0 Å². The monoisotopic (exact) mass is 173 g/mol. The first kappa shape index (κ1) is 15.7. The van der Waals surface area contributed by atoms with Gasteiger partial charge < -0.3 is 11.1 Å². The second-order valence-electron chi connectivity index (χ2n) is 0.384. The summed E-state index contributed by atoms with van der Waals surface area (Å²) in [7, 11) is 1.59. The molecule has 0 aromatic rings. The van der Waals surface area contributed by atoms with Crippen LogP contribution in [0.2, 0.25) is 0 Å². The normalized spacial score (nSPS) is 4.71. The molecule has 39 valence electrons. The van der Waals surface area contributed by atoms with Gasteiger partial charge in [0.2, 0.25) is 0 Å². The fourth-order valence-electron chi connectivity index (χ4n) is 0. The van der Waals surface area contributed by atoms with E-state index in [1.54, 1.807) is 9.47 Å². The van der Waals surface area contributed by atoms with Crippen LogP contribution in [0.25, 0.3) is 0 Å². The molecule has 1 radical (unpaired) electrons. The number of hydrogen-bond acceptors (Lipinski definition) is 2. The van der Waals surface area contributed by atoms with Crippen molar-refractivity contribution in [2.75, 3.05) is 0 Å². The van der Waals surface area contributed by atoms with E-state index in [4.69, 9.17) is 9.90 Å². The van der Waals surface area contributed by atoms with Gasteiger partial charge in [0.05, 0.1) is 9.47 Å². The van der Waals surface area contributed by atoms with E-state index in [-0.39, 0.29) is 48.1 Å². The van der Waals surface area contributed by atoms with Crippen molar-refractivity contribution in [1.29, 1.82) is 0 Å². The first-order chi connectivity index (χ1) is 2.27. The van der Waals surface area contributed by atoms with Crippen LogP contribution < -0.4 is 29.6 Å². The largest absolute Gasteiger partial charge is 1.00 e. The topological polar surface area (TPSA) is 46.5 Å². The molecule has 0 saturated heterocycles. The van der Waals surface area contributed by atoms with Crippen molar-refractivity contribution in [3.63, 3.8) is 0 Å². The van der Waals surface area contributed by atoms with Crippen LogP contribution >= 0.6 is 9.47 Å². The maximum absolute atomic E-state index is 9.12. The van der Waals surface area contributed by atoms with Gasteiger partial charge in [-0.3, -0.25) is 0 Å². The second kappa shape index (κ2) is 10.3. The van der Waals surface area contributed by atoms with Crippen molar-refractivity contribution < 1.29 is 62.5 Å². The predicted octanol–water partition coefficient (Wildman–Crippen LogP) is -2.41. The number of carbonyl (C=O) groups is 1. The first-order valence-corrected chi connectivity index (χ1v) is 1.34. The number of carboxylic acid groups (broad SMARTS) is 1. The third kappa shape index (κ3) is 19.0. The number of rotatable bonds is 0. The molecule has 0 amide bonds. The molecule has 7 heavy (non-hydrogen) atoms. The molecular formula is CH4MnNaO3P. The molecule has 1 unspecified atom stereocenters. The molecule has 6 heteroatoms. The Hall–Kier alpha value is 1.22. The van der Waals surface area contributed by atoms with Crippen LogP contribution in [0.3, 0.4) is 0 Å². The smallest absolute Gasteiger partial charge is 1.00 e. The van der Waals surface area contributed by atoms with E-state index in [0.717, 1.165) is 0 Å². The van der Waals surface area contributed by atoms with E-state index >= 15 is 0 Å². The van der Waals surface area contributed by atoms with Gasteiger partial charge in [0.15, 0.2) is 0 Å². The fraction of sp³-hybridized carbons (Fsp3) is 0. The van der Waals surface area contributed by atoms with Crippen molar-refractivity contribution in [3.05, 3.63) is 0 Å². The Bertz CT molecular complexity index is 54.5. The second-order valence-corrected chi connectivity index (χ2v) is 0.619. The standard InChI is InChI=1S/CH3O3P.Mn.Na.H/c2-1(3)4-5;;;/h5H2,(H,2,3);;;/q;;+1;-1. The van der Waals surface area contributed by atoms with Crippen molar-refractivity contribution in [3.8, 4) is 0 Å². The van der Waals surface area contributed by atoms with Crippen LogP contribution in [0.4, 0.5) is 4.79 Å². The van der Waals surface area contributed by atoms with E-state index in [1.807, 2.05) is 0 Å². The summed E-state index contributed by atoms with van der Waals surface area (Å²) >= 11 is 0. The van der Waals surface area contributed by atoms with Gasteiger partial charge in [-0.05, 0) is 0 Å². The zero-order valence-electron chi connectivity index (χ0n) is 4.72. The Morgan fingerprint density at radius 3 is 2.00 bits per heavy atom. The molecule has 0 aromatic carbocycles. The van der Waals surface area contributed by atoms with Crippen LogP contribution in [0.5, 0.6) is 0 Å². The summed E-state index contributed by atoms with van der Waals surface area (Å²) < 4.78 is 3.58. The molecule has 0 aliphatic carbocycles. The van der Waals surface area contributed by atoms with Crippen molar-refractivity contribution in [1.82, 2.24) is 0 Å². The minimum absolute atomic E-state index is 0. The molecule has 1 N–H and O–H groups in total. The summed E-state index contributed by atoms with van der Waals surface area (Å²) in [6, 6.07) is 0. The summed E-state index contributed by atoms with van der Waals surface area (Å²) in [6.07, 6.45) is -1.28. The molecular weight excluding hydrogens is 169 g/mol. The van der Waals surface area contributed by atoms with Gasteiger partial charge >= 0.3 is 35.7 Å². The maximum atomic E-state index is 9.12. The quantitative estimate of drug-likeness (QED) is 0.327. The molecule has 0 spiro atoms. The molecule has 0 heterocycles. The molecule has 0 fully saturated rings. The van der Waals surface area contributed by atoms with E-state index in [2.05, 4.69) is 4.52 Å². The average Bonchev–Trinajstić information content (AvgIpc) is 1.38.